The van der Waals surface area contributed by atoms with Gasteiger partial charge in [0, 0.05) is 26.2 Å². The van der Waals surface area contributed by atoms with Crippen LogP contribution in [0.25, 0.3) is 0 Å². The number of nitrogens with zero attached hydrogens (tertiary/aromatic N) is 4. The lowest BCUT2D eigenvalue weighted by Gasteiger charge is -2.34. The molecule has 2 rings (SSSR count). The highest BCUT2D eigenvalue weighted by atomic mass is 16.2. The van der Waals surface area contributed by atoms with E-state index in [1.165, 1.54) is 6.42 Å². The van der Waals surface area contributed by atoms with Gasteiger partial charge in [-0.25, -0.2) is 0 Å². The van der Waals surface area contributed by atoms with Crippen molar-refractivity contribution in [2.24, 2.45) is 5.73 Å². The summed E-state index contributed by atoms with van der Waals surface area (Å²) in [6.07, 6.45) is 5.17. The van der Waals surface area contributed by atoms with Crippen molar-refractivity contribution in [1.82, 2.24) is 19.9 Å². The van der Waals surface area contributed by atoms with E-state index in [4.69, 9.17) is 5.73 Å². The Balaban J connectivity index is 2.02. The molecule has 6 heteroatoms. The Bertz CT molecular complexity index is 389. The van der Waals surface area contributed by atoms with Crippen LogP contribution in [0.4, 0.5) is 0 Å². The number of carbonyl (C=O) groups excluding carboxylic acids is 1. The second-order valence-corrected chi connectivity index (χ2v) is 4.50. The third-order valence-electron chi connectivity index (χ3n) is 3.22. The van der Waals surface area contributed by atoms with Gasteiger partial charge in [-0.1, -0.05) is 5.21 Å². The maximum absolute atomic E-state index is 11.5. The largest absolute Gasteiger partial charge is 0.338 e. The standard InChI is InChI=1S/C11H19N5O/c1-9(17)16-5-3-2-4-11(16)8-15-7-10(6-12)13-14-15/h7,11H,2-6,8,12H2,1H3/t11-/m0/s1. The highest BCUT2D eigenvalue weighted by Crippen LogP contribution is 2.18. The van der Waals surface area contributed by atoms with Gasteiger partial charge in [0.15, 0.2) is 0 Å². The summed E-state index contributed by atoms with van der Waals surface area (Å²) in [7, 11) is 0. The number of piperidine rings is 1. The van der Waals surface area contributed by atoms with Crippen LogP contribution in [0, 0.1) is 0 Å². The molecule has 1 saturated heterocycles. The third kappa shape index (κ3) is 2.82. The van der Waals surface area contributed by atoms with E-state index in [0.717, 1.165) is 25.1 Å². The van der Waals surface area contributed by atoms with Gasteiger partial charge in [0.05, 0.1) is 18.3 Å². The zero-order valence-corrected chi connectivity index (χ0v) is 10.2. The molecule has 1 aliphatic heterocycles. The van der Waals surface area contributed by atoms with E-state index in [1.807, 2.05) is 11.1 Å². The number of amides is 1. The van der Waals surface area contributed by atoms with Crippen molar-refractivity contribution in [3.8, 4) is 0 Å². The van der Waals surface area contributed by atoms with Crippen molar-refractivity contribution >= 4 is 5.91 Å². The first kappa shape index (κ1) is 12.0. The second kappa shape index (κ2) is 5.27. The van der Waals surface area contributed by atoms with Crippen molar-refractivity contribution < 1.29 is 4.79 Å². The molecule has 2 N–H and O–H groups in total. The van der Waals surface area contributed by atoms with Gasteiger partial charge in [0.1, 0.15) is 0 Å². The summed E-state index contributed by atoms with van der Waals surface area (Å²) in [6.45, 7) is 3.61. The Morgan fingerprint density at radius 1 is 1.59 bits per heavy atom. The van der Waals surface area contributed by atoms with E-state index < -0.39 is 0 Å². The molecule has 2 heterocycles. The molecule has 1 fully saturated rings. The predicted octanol–water partition coefficient (Wildman–Crippen LogP) is 0.138. The van der Waals surface area contributed by atoms with Crippen molar-refractivity contribution in [3.63, 3.8) is 0 Å². The fourth-order valence-electron chi connectivity index (χ4n) is 2.34. The first-order chi connectivity index (χ1) is 8.20. The van der Waals surface area contributed by atoms with E-state index in [2.05, 4.69) is 10.3 Å². The van der Waals surface area contributed by atoms with Gasteiger partial charge in [-0.2, -0.15) is 0 Å². The topological polar surface area (TPSA) is 77.0 Å². The number of hydrogen-bond donors (Lipinski definition) is 1. The van der Waals surface area contributed by atoms with Crippen LogP contribution < -0.4 is 5.73 Å². The Kier molecular flexibility index (Phi) is 3.73. The van der Waals surface area contributed by atoms with Crippen LogP contribution >= 0.6 is 0 Å². The monoisotopic (exact) mass is 237 g/mol. The summed E-state index contributed by atoms with van der Waals surface area (Å²) in [5.74, 6) is 0.147. The van der Waals surface area contributed by atoms with E-state index in [-0.39, 0.29) is 11.9 Å². The van der Waals surface area contributed by atoms with Crippen molar-refractivity contribution in [2.75, 3.05) is 6.54 Å². The van der Waals surface area contributed by atoms with Gasteiger partial charge < -0.3 is 10.6 Å². The number of aromatic nitrogens is 3. The predicted molar refractivity (Wildman–Crippen MR) is 62.9 cm³/mol. The number of likely N-dealkylation sites (tertiary alicyclic amines) is 1. The summed E-state index contributed by atoms with van der Waals surface area (Å²) in [4.78, 5) is 13.5. The third-order valence-corrected chi connectivity index (χ3v) is 3.22. The van der Waals surface area contributed by atoms with E-state index in [1.54, 1.807) is 11.6 Å². The summed E-state index contributed by atoms with van der Waals surface area (Å²) in [6, 6.07) is 0.244. The van der Waals surface area contributed by atoms with Crippen molar-refractivity contribution in [1.29, 1.82) is 0 Å². The van der Waals surface area contributed by atoms with E-state index in [9.17, 15) is 4.79 Å². The van der Waals surface area contributed by atoms with Crippen LogP contribution in [0.3, 0.4) is 0 Å². The van der Waals surface area contributed by atoms with Gasteiger partial charge in [-0.05, 0) is 19.3 Å². The number of hydrogen-bond acceptors (Lipinski definition) is 4. The molecule has 0 radical (unpaired) electrons. The lowest BCUT2D eigenvalue weighted by atomic mass is 10.0. The van der Waals surface area contributed by atoms with Crippen LogP contribution in [0.2, 0.25) is 0 Å². The van der Waals surface area contributed by atoms with E-state index >= 15 is 0 Å². The molecule has 0 aromatic carbocycles. The molecule has 94 valence electrons. The van der Waals surface area contributed by atoms with Gasteiger partial charge in [0.2, 0.25) is 5.91 Å². The minimum Gasteiger partial charge on any atom is -0.338 e. The van der Waals surface area contributed by atoms with Crippen molar-refractivity contribution in [3.05, 3.63) is 11.9 Å². The molecule has 0 saturated carbocycles. The summed E-state index contributed by atoms with van der Waals surface area (Å²) in [5, 5.41) is 7.98. The normalized spacial score (nSPS) is 20.6. The average molecular weight is 237 g/mol. The minimum atomic E-state index is 0.147. The molecule has 1 amide bonds. The molecule has 17 heavy (non-hydrogen) atoms. The molecule has 0 unspecified atom stereocenters. The Labute approximate surface area is 101 Å². The molecule has 0 spiro atoms. The SMILES string of the molecule is CC(=O)N1CCCC[C@H]1Cn1cc(CN)nn1. The average Bonchev–Trinajstić information content (AvgIpc) is 2.77. The van der Waals surface area contributed by atoms with Crippen LogP contribution in [0.1, 0.15) is 31.9 Å². The second-order valence-electron chi connectivity index (χ2n) is 4.50. The van der Waals surface area contributed by atoms with E-state index in [0.29, 0.717) is 13.1 Å². The van der Waals surface area contributed by atoms with Crippen LogP contribution in [-0.4, -0.2) is 38.4 Å². The quantitative estimate of drug-likeness (QED) is 0.811. The minimum absolute atomic E-state index is 0.147. The molecule has 0 bridgehead atoms. The lowest BCUT2D eigenvalue weighted by molar-refractivity contribution is -0.132. The van der Waals surface area contributed by atoms with Crippen molar-refractivity contribution in [2.45, 2.75) is 45.3 Å². The Hall–Kier alpha value is -1.43. The van der Waals surface area contributed by atoms with Gasteiger partial charge >= 0.3 is 0 Å². The van der Waals surface area contributed by atoms with Gasteiger partial charge in [0.25, 0.3) is 0 Å². The molecule has 1 aromatic heterocycles. The maximum Gasteiger partial charge on any atom is 0.219 e. The molecule has 1 aromatic rings. The fourth-order valence-corrected chi connectivity index (χ4v) is 2.34. The number of carbonyl (C=O) groups is 1. The molecular formula is C11H19N5O. The van der Waals surface area contributed by atoms with Gasteiger partial charge in [-0.15, -0.1) is 5.10 Å². The molecule has 6 nitrogen and oxygen atoms in total. The lowest BCUT2D eigenvalue weighted by Crippen LogP contribution is -2.44. The zero-order chi connectivity index (χ0) is 12.3. The molecule has 1 aliphatic rings. The summed E-state index contributed by atoms with van der Waals surface area (Å²) >= 11 is 0. The summed E-state index contributed by atoms with van der Waals surface area (Å²) in [5.41, 5.74) is 6.28. The fraction of sp³-hybridized carbons (Fsp3) is 0.727. The Morgan fingerprint density at radius 2 is 2.41 bits per heavy atom. The molecule has 0 aliphatic carbocycles. The summed E-state index contributed by atoms with van der Waals surface area (Å²) < 4.78 is 1.79. The smallest absolute Gasteiger partial charge is 0.219 e. The highest BCUT2D eigenvalue weighted by Gasteiger charge is 2.24. The van der Waals surface area contributed by atoms with Crippen LogP contribution in [0.5, 0.6) is 0 Å². The van der Waals surface area contributed by atoms with Crippen LogP contribution in [0.15, 0.2) is 6.20 Å². The first-order valence-corrected chi connectivity index (χ1v) is 6.07. The highest BCUT2D eigenvalue weighted by molar-refractivity contribution is 5.73. The number of nitrogens with two attached hydrogens (primary N) is 1. The molecular weight excluding hydrogens is 218 g/mol. The number of rotatable bonds is 3. The molecule has 1 atom stereocenters. The first-order valence-electron chi connectivity index (χ1n) is 6.07. The zero-order valence-electron chi connectivity index (χ0n) is 10.2. The van der Waals surface area contributed by atoms with Gasteiger partial charge in [-0.3, -0.25) is 9.48 Å². The maximum atomic E-state index is 11.5. The van der Waals surface area contributed by atoms with Crippen LogP contribution in [-0.2, 0) is 17.9 Å². The Morgan fingerprint density at radius 3 is 3.06 bits per heavy atom.